The van der Waals surface area contributed by atoms with E-state index in [0.717, 1.165) is 47.7 Å². The first kappa shape index (κ1) is 22.7. The molecule has 0 saturated heterocycles. The van der Waals surface area contributed by atoms with Gasteiger partial charge in [0.15, 0.2) is 11.6 Å². The van der Waals surface area contributed by atoms with Gasteiger partial charge in [0.25, 0.3) is 0 Å². The lowest BCUT2D eigenvalue weighted by molar-refractivity contribution is 0.507. The lowest BCUT2D eigenvalue weighted by Crippen LogP contribution is -2.00. The third-order valence-electron chi connectivity index (χ3n) is 5.80. The Hall–Kier alpha value is -3.47. The van der Waals surface area contributed by atoms with Crippen LogP contribution in [0.2, 0.25) is 0 Å². The molecule has 168 valence electrons. The number of rotatable bonds is 9. The molecule has 0 spiro atoms. The minimum atomic E-state index is -0.881. The van der Waals surface area contributed by atoms with Crippen LogP contribution in [0.5, 0.6) is 0 Å². The molecule has 0 aliphatic rings. The van der Waals surface area contributed by atoms with Crippen molar-refractivity contribution >= 4 is 10.8 Å². The normalized spacial score (nSPS) is 11.1. The molecule has 5 heteroatoms. The van der Waals surface area contributed by atoms with E-state index in [0.29, 0.717) is 35.8 Å². The van der Waals surface area contributed by atoms with Gasteiger partial charge in [0, 0.05) is 24.2 Å². The van der Waals surface area contributed by atoms with E-state index in [1.54, 1.807) is 12.1 Å². The molecule has 2 nitrogen and oxygen atoms in total. The number of allylic oxidation sites excluding steroid dienone is 1. The van der Waals surface area contributed by atoms with E-state index in [4.69, 9.17) is 0 Å². The van der Waals surface area contributed by atoms with E-state index in [1.165, 1.54) is 12.1 Å². The van der Waals surface area contributed by atoms with E-state index in [-0.39, 0.29) is 5.82 Å². The summed E-state index contributed by atoms with van der Waals surface area (Å²) in [4.78, 5) is 8.88. The minimum absolute atomic E-state index is 0.264. The number of nitrogens with zero attached hydrogens (tertiary/aromatic N) is 2. The van der Waals surface area contributed by atoms with Crippen molar-refractivity contribution in [2.24, 2.45) is 0 Å². The van der Waals surface area contributed by atoms with E-state index in [9.17, 15) is 8.78 Å². The predicted molar refractivity (Wildman–Crippen MR) is 126 cm³/mol. The van der Waals surface area contributed by atoms with Gasteiger partial charge >= 0.3 is 0 Å². The topological polar surface area (TPSA) is 25.8 Å². The van der Waals surface area contributed by atoms with Gasteiger partial charge in [-0.15, -0.1) is 6.58 Å². The summed E-state index contributed by atoms with van der Waals surface area (Å²) in [6.07, 6.45) is 9.73. The third-order valence-corrected chi connectivity index (χ3v) is 5.80. The summed E-state index contributed by atoms with van der Waals surface area (Å²) in [6.45, 7) is 3.73. The van der Waals surface area contributed by atoms with E-state index >= 15 is 4.39 Å². The van der Waals surface area contributed by atoms with Gasteiger partial charge in [-0.1, -0.05) is 42.5 Å². The SMILES string of the molecule is C=CCCc1cnc(CCc2ccc3c(F)c(CCc4ccc(F)c(F)c4)ccc3c2)nc1. The van der Waals surface area contributed by atoms with Gasteiger partial charge < -0.3 is 0 Å². The van der Waals surface area contributed by atoms with E-state index in [1.807, 2.05) is 36.7 Å². The van der Waals surface area contributed by atoms with Crippen molar-refractivity contribution in [1.29, 1.82) is 0 Å². The van der Waals surface area contributed by atoms with Crippen molar-refractivity contribution in [2.45, 2.75) is 38.5 Å². The Morgan fingerprint density at radius 1 is 0.697 bits per heavy atom. The average molecular weight is 447 g/mol. The van der Waals surface area contributed by atoms with Crippen molar-refractivity contribution in [3.63, 3.8) is 0 Å². The van der Waals surface area contributed by atoms with E-state index in [2.05, 4.69) is 16.5 Å². The zero-order chi connectivity index (χ0) is 23.2. The van der Waals surface area contributed by atoms with Crippen molar-refractivity contribution in [3.05, 3.63) is 119 Å². The first-order valence-corrected chi connectivity index (χ1v) is 11.1. The highest BCUT2D eigenvalue weighted by atomic mass is 19.2. The Labute approximate surface area is 191 Å². The third kappa shape index (κ3) is 5.67. The molecule has 0 fully saturated rings. The first-order chi connectivity index (χ1) is 16.0. The summed E-state index contributed by atoms with van der Waals surface area (Å²) >= 11 is 0. The van der Waals surface area contributed by atoms with Gasteiger partial charge in [-0.2, -0.15) is 0 Å². The molecular weight excluding hydrogens is 421 g/mol. The lowest BCUT2D eigenvalue weighted by Gasteiger charge is -2.09. The second-order valence-electron chi connectivity index (χ2n) is 8.18. The second-order valence-corrected chi connectivity index (χ2v) is 8.18. The molecule has 0 atom stereocenters. The standard InChI is InChI=1S/C28H25F3N2/c1-2-3-4-21-17-32-27(33-18-21)14-8-19-6-12-24-23(15-19)11-10-22(28(24)31)9-5-20-7-13-25(29)26(30)16-20/h2,6-7,10-13,15-18H,1,3-5,8-9,14H2. The Bertz CT molecular complexity index is 1270. The summed E-state index contributed by atoms with van der Waals surface area (Å²) in [5.74, 6) is -1.23. The van der Waals surface area contributed by atoms with Crippen LogP contribution in [0.4, 0.5) is 13.2 Å². The van der Waals surface area contributed by atoms with Crippen LogP contribution in [0.3, 0.4) is 0 Å². The maximum absolute atomic E-state index is 15.1. The molecule has 0 aliphatic carbocycles. The molecule has 0 unspecified atom stereocenters. The largest absolute Gasteiger partial charge is 0.241 e. The van der Waals surface area contributed by atoms with Crippen LogP contribution in [0.25, 0.3) is 10.8 Å². The Morgan fingerprint density at radius 3 is 2.18 bits per heavy atom. The van der Waals surface area contributed by atoms with Crippen LogP contribution in [0.15, 0.2) is 73.6 Å². The van der Waals surface area contributed by atoms with E-state index < -0.39 is 11.6 Å². The number of halogens is 3. The molecule has 0 saturated carbocycles. The zero-order valence-electron chi connectivity index (χ0n) is 18.3. The lowest BCUT2D eigenvalue weighted by atomic mass is 9.98. The molecule has 0 aliphatic heterocycles. The average Bonchev–Trinajstić information content (AvgIpc) is 2.83. The van der Waals surface area contributed by atoms with Crippen molar-refractivity contribution in [2.75, 3.05) is 0 Å². The van der Waals surface area contributed by atoms with Gasteiger partial charge in [-0.3, -0.25) is 0 Å². The van der Waals surface area contributed by atoms with Crippen LogP contribution >= 0.6 is 0 Å². The highest BCUT2D eigenvalue weighted by molar-refractivity contribution is 5.84. The molecule has 0 radical (unpaired) electrons. The fourth-order valence-corrected chi connectivity index (χ4v) is 3.87. The highest BCUT2D eigenvalue weighted by Gasteiger charge is 2.10. The van der Waals surface area contributed by atoms with Crippen molar-refractivity contribution < 1.29 is 13.2 Å². The number of fused-ring (bicyclic) bond motifs is 1. The molecule has 4 rings (SSSR count). The molecule has 3 aromatic carbocycles. The van der Waals surface area contributed by atoms with Gasteiger partial charge in [0.2, 0.25) is 0 Å². The van der Waals surface area contributed by atoms with Crippen molar-refractivity contribution in [3.8, 4) is 0 Å². The Kier molecular flexibility index (Phi) is 7.18. The number of aromatic nitrogens is 2. The molecule has 0 amide bonds. The molecule has 1 heterocycles. The molecule has 0 bridgehead atoms. The summed E-state index contributed by atoms with van der Waals surface area (Å²) in [5, 5.41) is 1.40. The number of aryl methyl sites for hydroxylation is 5. The molecule has 33 heavy (non-hydrogen) atoms. The van der Waals surface area contributed by atoms with Crippen LogP contribution in [0, 0.1) is 17.5 Å². The second kappa shape index (κ2) is 10.4. The molecular formula is C28H25F3N2. The van der Waals surface area contributed by atoms with Crippen LogP contribution in [-0.2, 0) is 32.1 Å². The van der Waals surface area contributed by atoms with Gasteiger partial charge in [0.05, 0.1) is 0 Å². The number of hydrogen-bond acceptors (Lipinski definition) is 2. The maximum Gasteiger partial charge on any atom is 0.159 e. The van der Waals surface area contributed by atoms with Gasteiger partial charge in [0.1, 0.15) is 11.6 Å². The number of hydrogen-bond donors (Lipinski definition) is 0. The fraction of sp³-hybridized carbons (Fsp3) is 0.214. The van der Waals surface area contributed by atoms with Gasteiger partial charge in [-0.25, -0.2) is 23.1 Å². The van der Waals surface area contributed by atoms with Crippen LogP contribution in [0.1, 0.15) is 34.5 Å². The molecule has 1 aromatic heterocycles. The summed E-state index contributed by atoms with van der Waals surface area (Å²) in [7, 11) is 0. The quantitative estimate of drug-likeness (QED) is 0.266. The Morgan fingerprint density at radius 2 is 1.42 bits per heavy atom. The maximum atomic E-state index is 15.1. The molecule has 4 aromatic rings. The monoisotopic (exact) mass is 446 g/mol. The summed E-state index contributed by atoms with van der Waals surface area (Å²) < 4.78 is 41.6. The van der Waals surface area contributed by atoms with Gasteiger partial charge in [-0.05, 0) is 71.9 Å². The summed E-state index contributed by atoms with van der Waals surface area (Å²) in [5.41, 5.74) is 3.39. The predicted octanol–water partition coefficient (Wildman–Crippen LogP) is 6.74. The number of benzene rings is 3. The van der Waals surface area contributed by atoms with Crippen LogP contribution in [-0.4, -0.2) is 9.97 Å². The fourth-order valence-electron chi connectivity index (χ4n) is 3.87. The highest BCUT2D eigenvalue weighted by Crippen LogP contribution is 2.24. The zero-order valence-corrected chi connectivity index (χ0v) is 18.3. The molecule has 0 N–H and O–H groups in total. The minimum Gasteiger partial charge on any atom is -0.241 e. The van der Waals surface area contributed by atoms with Crippen molar-refractivity contribution in [1.82, 2.24) is 9.97 Å². The van der Waals surface area contributed by atoms with Crippen LogP contribution < -0.4 is 0 Å². The Balaban J connectivity index is 1.41. The first-order valence-electron chi connectivity index (χ1n) is 11.1. The smallest absolute Gasteiger partial charge is 0.159 e. The summed E-state index contributed by atoms with van der Waals surface area (Å²) in [6, 6.07) is 13.2.